The van der Waals surface area contributed by atoms with Crippen molar-refractivity contribution in [3.63, 3.8) is 0 Å². The van der Waals surface area contributed by atoms with E-state index in [4.69, 9.17) is 11.6 Å². The molecule has 37 heavy (non-hydrogen) atoms. The van der Waals surface area contributed by atoms with Crippen molar-refractivity contribution in [1.82, 2.24) is 20.5 Å². The van der Waals surface area contributed by atoms with Crippen molar-refractivity contribution in [1.29, 1.82) is 0 Å². The van der Waals surface area contributed by atoms with E-state index in [9.17, 15) is 28.7 Å². The van der Waals surface area contributed by atoms with Gasteiger partial charge in [0.1, 0.15) is 18.1 Å². The van der Waals surface area contributed by atoms with Crippen molar-refractivity contribution >= 4 is 46.0 Å². The monoisotopic (exact) mass is 534 g/mol. The molecule has 2 aliphatic rings. The van der Waals surface area contributed by atoms with Crippen molar-refractivity contribution < 1.29 is 28.7 Å². The van der Waals surface area contributed by atoms with Gasteiger partial charge in [0.15, 0.2) is 5.78 Å². The average molecular weight is 535 g/mol. The molecular weight excluding hydrogens is 503 g/mol. The summed E-state index contributed by atoms with van der Waals surface area (Å²) >= 11 is 6.15. The van der Waals surface area contributed by atoms with Gasteiger partial charge in [-0.25, -0.2) is 4.39 Å². The highest BCUT2D eigenvalue weighted by Gasteiger charge is 2.33. The Morgan fingerprint density at radius 3 is 2.68 bits per heavy atom. The number of aromatic amines is 1. The number of aromatic nitrogens is 1. The maximum Gasteiger partial charge on any atom is 0.270 e. The fraction of sp³-hybridized carbons (Fsp3) is 0.538. The summed E-state index contributed by atoms with van der Waals surface area (Å²) in [6.07, 6.45) is 3.63. The molecule has 1 aromatic carbocycles. The first-order chi connectivity index (χ1) is 17.7. The highest BCUT2D eigenvalue weighted by Crippen LogP contribution is 2.32. The van der Waals surface area contributed by atoms with Crippen LogP contribution in [0.15, 0.2) is 18.2 Å². The summed E-state index contributed by atoms with van der Waals surface area (Å²) in [4.78, 5) is 55.3. The summed E-state index contributed by atoms with van der Waals surface area (Å²) in [6, 6.07) is 2.92. The number of nitrogens with zero attached hydrogens (tertiary/aromatic N) is 1. The maximum absolute atomic E-state index is 13.8. The molecule has 9 nitrogen and oxygen atoms in total. The van der Waals surface area contributed by atoms with E-state index < -0.39 is 42.0 Å². The molecule has 0 radical (unpaired) electrons. The number of rotatable bonds is 10. The van der Waals surface area contributed by atoms with Crippen LogP contribution in [0.4, 0.5) is 4.39 Å². The maximum atomic E-state index is 13.8. The fourth-order valence-corrected chi connectivity index (χ4v) is 5.65. The molecule has 2 fully saturated rings. The molecule has 3 amide bonds. The predicted molar refractivity (Wildman–Crippen MR) is 135 cm³/mol. The Morgan fingerprint density at radius 1 is 1.24 bits per heavy atom. The molecule has 4 rings (SSSR count). The van der Waals surface area contributed by atoms with Gasteiger partial charge in [0.2, 0.25) is 11.8 Å². The molecule has 4 N–H and O–H groups in total. The summed E-state index contributed by atoms with van der Waals surface area (Å²) in [5, 5.41) is 15.4. The lowest BCUT2D eigenvalue weighted by Crippen LogP contribution is -2.49. The molecule has 0 spiro atoms. The summed E-state index contributed by atoms with van der Waals surface area (Å²) < 4.78 is 13.8. The number of Topliss-reactive ketones (excluding diaryl/α,β-unsaturated/α-hetero) is 1. The zero-order valence-corrected chi connectivity index (χ0v) is 21.4. The number of carbonyl (C=O) groups excluding carboxylic acids is 4. The minimum Gasteiger partial charge on any atom is -0.389 e. The molecule has 1 saturated carbocycles. The second-order valence-electron chi connectivity index (χ2n) is 10.1. The zero-order chi connectivity index (χ0) is 26.7. The second-order valence-corrected chi connectivity index (χ2v) is 10.5. The van der Waals surface area contributed by atoms with Gasteiger partial charge in [0.05, 0.1) is 23.1 Å². The first kappa shape index (κ1) is 27.1. The predicted octanol–water partition coefficient (Wildman–Crippen LogP) is 2.41. The lowest BCUT2D eigenvalue weighted by Gasteiger charge is -2.28. The molecule has 11 heteroatoms. The number of hydrogen-bond acceptors (Lipinski definition) is 5. The van der Waals surface area contributed by atoms with E-state index in [2.05, 4.69) is 22.5 Å². The van der Waals surface area contributed by atoms with Crippen LogP contribution in [0.3, 0.4) is 0 Å². The molecule has 2 heterocycles. The average Bonchev–Trinajstić information content (AvgIpc) is 3.58. The number of carbonyl (C=O) groups is 4. The standard InChI is InChI=1S/C26H32ClFN4O5/c1-14-3-2-4-16(14)11-32(26(37)22-10-18-19(27)8-17(28)9-20(18)30-22)12-24(35)31-21(23(34)13-33)7-15-5-6-29-25(15)36/h8-10,14-16,21,30,33H,2-7,11-13H2,1H3,(H,29,36)(H,31,35)/t14?,15-,16-,21-/m0/s1. The Bertz CT molecular complexity index is 1200. The second kappa shape index (κ2) is 11.6. The van der Waals surface area contributed by atoms with Gasteiger partial charge >= 0.3 is 0 Å². The highest BCUT2D eigenvalue weighted by molar-refractivity contribution is 6.35. The molecule has 1 saturated heterocycles. The van der Waals surface area contributed by atoms with Crippen LogP contribution in [0.1, 0.15) is 49.5 Å². The number of aliphatic hydroxyl groups excluding tert-OH is 1. The number of nitrogens with one attached hydrogen (secondary N) is 3. The topological polar surface area (TPSA) is 132 Å². The van der Waals surface area contributed by atoms with E-state index in [0.717, 1.165) is 19.3 Å². The molecule has 1 aliphatic carbocycles. The van der Waals surface area contributed by atoms with Gasteiger partial charge in [-0.3, -0.25) is 19.2 Å². The van der Waals surface area contributed by atoms with E-state index in [1.54, 1.807) is 6.07 Å². The quantitative estimate of drug-likeness (QED) is 0.372. The van der Waals surface area contributed by atoms with Gasteiger partial charge in [0.25, 0.3) is 5.91 Å². The Hall–Kier alpha value is -2.98. The van der Waals surface area contributed by atoms with E-state index in [1.807, 2.05) is 0 Å². The first-order valence-electron chi connectivity index (χ1n) is 12.6. The van der Waals surface area contributed by atoms with E-state index >= 15 is 0 Å². The summed E-state index contributed by atoms with van der Waals surface area (Å²) in [6.45, 7) is 1.88. The lowest BCUT2D eigenvalue weighted by molar-refractivity contribution is -0.131. The SMILES string of the molecule is CC1CCC[C@H]1CN(CC(=O)N[C@@H](C[C@@H]1CCNC1=O)C(=O)CO)C(=O)c1cc2c(Cl)cc(F)cc2[nH]1. The van der Waals surface area contributed by atoms with Crippen LogP contribution in [0, 0.1) is 23.6 Å². The number of halogens is 2. The van der Waals surface area contributed by atoms with Crippen molar-refractivity contribution in [2.24, 2.45) is 17.8 Å². The molecular formula is C26H32ClFN4O5. The van der Waals surface area contributed by atoms with Crippen LogP contribution in [-0.2, 0) is 14.4 Å². The van der Waals surface area contributed by atoms with Gasteiger partial charge in [-0.2, -0.15) is 0 Å². The van der Waals surface area contributed by atoms with Gasteiger partial charge in [-0.05, 0) is 49.3 Å². The highest BCUT2D eigenvalue weighted by atomic mass is 35.5. The molecule has 2 aromatic rings. The Balaban J connectivity index is 1.53. The Labute approximate surface area is 219 Å². The smallest absolute Gasteiger partial charge is 0.270 e. The number of benzene rings is 1. The molecule has 4 atom stereocenters. The van der Waals surface area contributed by atoms with Crippen molar-refractivity contribution in [3.05, 3.63) is 34.7 Å². The fourth-order valence-electron chi connectivity index (χ4n) is 5.39. The number of ketones is 1. The lowest BCUT2D eigenvalue weighted by atomic mass is 9.95. The zero-order valence-electron chi connectivity index (χ0n) is 20.7. The van der Waals surface area contributed by atoms with E-state index in [1.165, 1.54) is 17.0 Å². The van der Waals surface area contributed by atoms with Crippen molar-refractivity contribution in [3.8, 4) is 0 Å². The van der Waals surface area contributed by atoms with Crippen LogP contribution in [-0.4, -0.2) is 70.8 Å². The molecule has 0 bridgehead atoms. The number of aliphatic hydroxyl groups is 1. The van der Waals surface area contributed by atoms with Gasteiger partial charge in [-0.15, -0.1) is 0 Å². The minimum absolute atomic E-state index is 0.0800. The van der Waals surface area contributed by atoms with Crippen LogP contribution < -0.4 is 10.6 Å². The summed E-state index contributed by atoms with van der Waals surface area (Å²) in [5.74, 6) is -2.17. The van der Waals surface area contributed by atoms with Crippen molar-refractivity contribution in [2.75, 3.05) is 26.2 Å². The largest absolute Gasteiger partial charge is 0.389 e. The van der Waals surface area contributed by atoms with E-state index in [0.29, 0.717) is 36.3 Å². The molecule has 1 aromatic heterocycles. The van der Waals surface area contributed by atoms with Crippen LogP contribution >= 0.6 is 11.6 Å². The third kappa shape index (κ3) is 6.30. The van der Waals surface area contributed by atoms with Gasteiger partial charge in [0, 0.05) is 24.4 Å². The summed E-state index contributed by atoms with van der Waals surface area (Å²) in [7, 11) is 0. The van der Waals surface area contributed by atoms with E-state index in [-0.39, 0.29) is 35.5 Å². The molecule has 1 unspecified atom stereocenters. The van der Waals surface area contributed by atoms with Crippen LogP contribution in [0.2, 0.25) is 5.02 Å². The number of amides is 3. The van der Waals surface area contributed by atoms with Gasteiger partial charge in [-0.1, -0.05) is 31.4 Å². The Morgan fingerprint density at radius 2 is 2.03 bits per heavy atom. The third-order valence-corrected chi connectivity index (χ3v) is 7.87. The number of fused-ring (bicyclic) bond motifs is 1. The van der Waals surface area contributed by atoms with Crippen molar-refractivity contribution in [2.45, 2.75) is 45.1 Å². The summed E-state index contributed by atoms with van der Waals surface area (Å²) in [5.41, 5.74) is 0.544. The minimum atomic E-state index is -1.04. The first-order valence-corrected chi connectivity index (χ1v) is 13.0. The molecule has 200 valence electrons. The normalized spacial score (nSPS) is 22.2. The van der Waals surface area contributed by atoms with Crippen LogP contribution in [0.25, 0.3) is 10.9 Å². The number of H-pyrrole nitrogens is 1. The number of hydrogen-bond donors (Lipinski definition) is 4. The molecule has 1 aliphatic heterocycles. The Kier molecular flexibility index (Phi) is 8.49. The van der Waals surface area contributed by atoms with Gasteiger partial charge < -0.3 is 25.6 Å². The third-order valence-electron chi connectivity index (χ3n) is 7.56. The van der Waals surface area contributed by atoms with Crippen LogP contribution in [0.5, 0.6) is 0 Å².